The van der Waals surface area contributed by atoms with E-state index in [0.29, 0.717) is 5.92 Å². The van der Waals surface area contributed by atoms with E-state index in [4.69, 9.17) is 5.73 Å². The molecular formula is C21H25N3S. The van der Waals surface area contributed by atoms with Crippen LogP contribution in [-0.4, -0.2) is 30.0 Å². The van der Waals surface area contributed by atoms with E-state index in [1.54, 1.807) is 11.3 Å². The summed E-state index contributed by atoms with van der Waals surface area (Å²) in [5.41, 5.74) is 12.2. The van der Waals surface area contributed by atoms with Crippen LogP contribution in [0.1, 0.15) is 36.3 Å². The van der Waals surface area contributed by atoms with Gasteiger partial charge in [0.25, 0.3) is 0 Å². The molecule has 1 aliphatic carbocycles. The van der Waals surface area contributed by atoms with Crippen molar-refractivity contribution in [3.63, 3.8) is 0 Å². The maximum absolute atomic E-state index is 6.43. The number of fused-ring (bicyclic) bond motifs is 1. The Hall–Kier alpha value is -1.75. The monoisotopic (exact) mass is 351 g/mol. The highest BCUT2D eigenvalue weighted by Crippen LogP contribution is 2.50. The third kappa shape index (κ3) is 2.78. The standard InChI is InChI=1S/C21H25N3S/c1-24(2)21(16-6-4-3-5-7-16)11-10-17(22)13-18(21)15-8-9-19-20(12-15)25-14-23-19/h3-9,12,14,17-18H,10-11,13,22H2,1-2H3. The van der Waals surface area contributed by atoms with Crippen LogP contribution < -0.4 is 5.73 Å². The van der Waals surface area contributed by atoms with Gasteiger partial charge >= 0.3 is 0 Å². The van der Waals surface area contributed by atoms with Crippen molar-refractivity contribution >= 4 is 21.6 Å². The topological polar surface area (TPSA) is 42.1 Å². The van der Waals surface area contributed by atoms with E-state index < -0.39 is 0 Å². The van der Waals surface area contributed by atoms with Gasteiger partial charge in [-0.05, 0) is 56.6 Å². The summed E-state index contributed by atoms with van der Waals surface area (Å²) in [5, 5.41) is 0. The van der Waals surface area contributed by atoms with Gasteiger partial charge in [0.15, 0.2) is 0 Å². The van der Waals surface area contributed by atoms with Gasteiger partial charge in [-0.3, -0.25) is 4.90 Å². The number of likely N-dealkylation sites (N-methyl/N-ethyl adjacent to an activating group) is 1. The number of nitrogens with two attached hydrogens (primary N) is 1. The second-order valence-electron chi connectivity index (χ2n) is 7.35. The van der Waals surface area contributed by atoms with E-state index in [-0.39, 0.29) is 11.6 Å². The van der Waals surface area contributed by atoms with Crippen LogP contribution in [0.3, 0.4) is 0 Å². The van der Waals surface area contributed by atoms with Crippen LogP contribution in [0.25, 0.3) is 10.2 Å². The Morgan fingerprint density at radius 2 is 1.96 bits per heavy atom. The lowest BCUT2D eigenvalue weighted by Crippen LogP contribution is -2.51. The summed E-state index contributed by atoms with van der Waals surface area (Å²) in [5.74, 6) is 0.375. The van der Waals surface area contributed by atoms with Crippen LogP contribution in [-0.2, 0) is 5.54 Å². The summed E-state index contributed by atoms with van der Waals surface area (Å²) < 4.78 is 1.26. The van der Waals surface area contributed by atoms with Crippen LogP contribution in [0.4, 0.5) is 0 Å². The van der Waals surface area contributed by atoms with Crippen LogP contribution in [0.5, 0.6) is 0 Å². The van der Waals surface area contributed by atoms with Crippen molar-refractivity contribution in [3.8, 4) is 0 Å². The van der Waals surface area contributed by atoms with Gasteiger partial charge < -0.3 is 5.73 Å². The summed E-state index contributed by atoms with van der Waals surface area (Å²) in [6, 6.07) is 18.0. The Bertz CT molecular complexity index is 858. The highest BCUT2D eigenvalue weighted by atomic mass is 32.1. The molecule has 1 fully saturated rings. The van der Waals surface area contributed by atoms with Gasteiger partial charge in [-0.15, -0.1) is 11.3 Å². The predicted octanol–water partition coefficient (Wildman–Crippen LogP) is 4.35. The van der Waals surface area contributed by atoms with Gasteiger partial charge in [-0.25, -0.2) is 4.98 Å². The highest BCUT2D eigenvalue weighted by molar-refractivity contribution is 7.16. The predicted molar refractivity (Wildman–Crippen MR) is 106 cm³/mol. The number of benzene rings is 2. The molecule has 2 N–H and O–H groups in total. The second kappa shape index (κ2) is 6.52. The summed E-state index contributed by atoms with van der Waals surface area (Å²) in [6.07, 6.45) is 3.15. The van der Waals surface area contributed by atoms with Crippen molar-refractivity contribution in [1.82, 2.24) is 9.88 Å². The van der Waals surface area contributed by atoms with Crippen LogP contribution in [0.2, 0.25) is 0 Å². The molecule has 1 heterocycles. The van der Waals surface area contributed by atoms with Gasteiger partial charge in [-0.2, -0.15) is 0 Å². The quantitative estimate of drug-likeness (QED) is 0.763. The molecule has 130 valence electrons. The second-order valence-corrected chi connectivity index (χ2v) is 8.24. The molecule has 3 aromatic rings. The minimum atomic E-state index is -0.0184. The van der Waals surface area contributed by atoms with Gasteiger partial charge in [0.1, 0.15) is 0 Å². The summed E-state index contributed by atoms with van der Waals surface area (Å²) in [6.45, 7) is 0. The number of rotatable bonds is 3. The molecule has 1 aromatic heterocycles. The van der Waals surface area contributed by atoms with E-state index in [1.165, 1.54) is 15.8 Å². The summed E-state index contributed by atoms with van der Waals surface area (Å²) in [7, 11) is 4.42. The van der Waals surface area contributed by atoms with E-state index >= 15 is 0 Å². The number of hydrogen-bond donors (Lipinski definition) is 1. The fourth-order valence-electron chi connectivity index (χ4n) is 4.56. The van der Waals surface area contributed by atoms with E-state index in [2.05, 4.69) is 72.5 Å². The zero-order chi connectivity index (χ0) is 17.4. The van der Waals surface area contributed by atoms with Crippen molar-refractivity contribution in [2.45, 2.75) is 36.8 Å². The fraction of sp³-hybridized carbons (Fsp3) is 0.381. The smallest absolute Gasteiger partial charge is 0.0812 e. The van der Waals surface area contributed by atoms with Crippen molar-refractivity contribution in [3.05, 3.63) is 65.2 Å². The van der Waals surface area contributed by atoms with E-state index in [1.807, 2.05) is 5.51 Å². The van der Waals surface area contributed by atoms with Crippen molar-refractivity contribution in [2.75, 3.05) is 14.1 Å². The number of nitrogens with zero attached hydrogens (tertiary/aromatic N) is 2. The largest absolute Gasteiger partial charge is 0.328 e. The van der Waals surface area contributed by atoms with Crippen LogP contribution >= 0.6 is 11.3 Å². The van der Waals surface area contributed by atoms with Gasteiger partial charge in [0, 0.05) is 12.0 Å². The first-order valence-electron chi connectivity index (χ1n) is 8.93. The Kier molecular flexibility index (Phi) is 4.36. The SMILES string of the molecule is CN(C)C1(c2ccccc2)CCC(N)CC1c1ccc2ncsc2c1. The van der Waals surface area contributed by atoms with Crippen molar-refractivity contribution in [1.29, 1.82) is 0 Å². The van der Waals surface area contributed by atoms with E-state index in [0.717, 1.165) is 24.8 Å². The molecule has 4 heteroatoms. The minimum absolute atomic E-state index is 0.0184. The number of aromatic nitrogens is 1. The molecule has 1 saturated carbocycles. The lowest BCUT2D eigenvalue weighted by atomic mass is 9.64. The molecule has 1 aliphatic rings. The Labute approximate surface area is 153 Å². The molecule has 2 aromatic carbocycles. The first-order valence-corrected chi connectivity index (χ1v) is 9.81. The lowest BCUT2D eigenvalue weighted by Gasteiger charge is -2.51. The maximum Gasteiger partial charge on any atom is 0.0812 e. The normalized spacial score (nSPS) is 27.0. The molecule has 4 rings (SSSR count). The minimum Gasteiger partial charge on any atom is -0.328 e. The zero-order valence-corrected chi connectivity index (χ0v) is 15.7. The summed E-state index contributed by atoms with van der Waals surface area (Å²) >= 11 is 1.71. The molecule has 3 atom stereocenters. The molecule has 0 saturated heterocycles. The molecule has 0 radical (unpaired) electrons. The van der Waals surface area contributed by atoms with Crippen LogP contribution in [0.15, 0.2) is 54.0 Å². The molecule has 25 heavy (non-hydrogen) atoms. The molecule has 3 unspecified atom stereocenters. The highest BCUT2D eigenvalue weighted by Gasteiger charge is 2.46. The van der Waals surface area contributed by atoms with Crippen molar-refractivity contribution in [2.24, 2.45) is 5.73 Å². The summed E-state index contributed by atoms with van der Waals surface area (Å²) in [4.78, 5) is 6.85. The van der Waals surface area contributed by atoms with Crippen molar-refractivity contribution < 1.29 is 0 Å². The molecule has 0 aliphatic heterocycles. The first kappa shape index (κ1) is 16.7. The van der Waals surface area contributed by atoms with Crippen LogP contribution in [0, 0.1) is 0 Å². The van der Waals surface area contributed by atoms with Gasteiger partial charge in [0.05, 0.1) is 21.3 Å². The average molecular weight is 352 g/mol. The third-order valence-electron chi connectivity index (χ3n) is 5.84. The first-order chi connectivity index (χ1) is 12.1. The Morgan fingerprint density at radius 1 is 1.16 bits per heavy atom. The Morgan fingerprint density at radius 3 is 2.72 bits per heavy atom. The van der Waals surface area contributed by atoms with E-state index in [9.17, 15) is 0 Å². The maximum atomic E-state index is 6.43. The lowest BCUT2D eigenvalue weighted by molar-refractivity contribution is 0.0653. The number of thiazole rings is 1. The molecule has 0 spiro atoms. The molecule has 0 bridgehead atoms. The Balaban J connectivity index is 1.88. The number of hydrogen-bond acceptors (Lipinski definition) is 4. The third-order valence-corrected chi connectivity index (χ3v) is 6.63. The molecule has 3 nitrogen and oxygen atoms in total. The zero-order valence-electron chi connectivity index (χ0n) is 14.9. The fourth-order valence-corrected chi connectivity index (χ4v) is 5.29. The molecule has 0 amide bonds. The molecular weight excluding hydrogens is 326 g/mol. The average Bonchev–Trinajstić information content (AvgIpc) is 3.10. The van der Waals surface area contributed by atoms with Gasteiger partial charge in [0.2, 0.25) is 0 Å². The van der Waals surface area contributed by atoms with Gasteiger partial charge in [-0.1, -0.05) is 36.4 Å².